The molecule has 0 spiro atoms. The number of hydrogen-bond acceptors (Lipinski definition) is 3. The molecule has 0 aliphatic heterocycles. The molecule has 3 N–H and O–H groups in total. The minimum absolute atomic E-state index is 0.204. The van der Waals surface area contributed by atoms with Crippen LogP contribution in [-0.4, -0.2) is 18.3 Å². The van der Waals surface area contributed by atoms with Gasteiger partial charge in [-0.1, -0.05) is 26.0 Å². The summed E-state index contributed by atoms with van der Waals surface area (Å²) in [5.41, 5.74) is 5.88. The molecule has 0 amide bonds. The molecule has 0 saturated carbocycles. The van der Waals surface area contributed by atoms with Gasteiger partial charge < -0.3 is 15.6 Å². The largest absolute Gasteiger partial charge is 0.504 e. The number of hydrogen-bond donors (Lipinski definition) is 2. The maximum atomic E-state index is 9.49. The molecule has 96 valence electrons. The summed E-state index contributed by atoms with van der Waals surface area (Å²) in [5.74, 6) is 0.764. The molecular formula is C14H23NO2. The molecule has 1 aromatic carbocycles. The van der Waals surface area contributed by atoms with Crippen LogP contribution in [0.15, 0.2) is 24.3 Å². The molecule has 0 bridgehead atoms. The lowest BCUT2D eigenvalue weighted by atomic mass is 9.87. The number of phenolic OH excluding ortho intramolecular Hbond substituents is 1. The summed E-state index contributed by atoms with van der Waals surface area (Å²) in [7, 11) is 0. The van der Waals surface area contributed by atoms with Crippen LogP contribution in [-0.2, 0) is 0 Å². The SMILES string of the molecule is CC(C)(CN)CCCCOc1ccccc1O. The first-order valence-corrected chi connectivity index (χ1v) is 6.16. The van der Waals surface area contributed by atoms with E-state index >= 15 is 0 Å². The minimum atomic E-state index is 0.204. The fraction of sp³-hybridized carbons (Fsp3) is 0.571. The molecule has 3 nitrogen and oxygen atoms in total. The fourth-order valence-electron chi connectivity index (χ4n) is 1.57. The van der Waals surface area contributed by atoms with E-state index in [1.54, 1.807) is 18.2 Å². The standard InChI is InChI=1S/C14H23NO2/c1-14(2,11-15)9-5-6-10-17-13-8-4-3-7-12(13)16/h3-4,7-8,16H,5-6,9-11,15H2,1-2H3. The van der Waals surface area contributed by atoms with E-state index in [0.29, 0.717) is 18.9 Å². The average molecular weight is 237 g/mol. The maximum Gasteiger partial charge on any atom is 0.160 e. The average Bonchev–Trinajstić information content (AvgIpc) is 2.31. The Morgan fingerprint density at radius 2 is 1.94 bits per heavy atom. The van der Waals surface area contributed by atoms with Gasteiger partial charge in [0.05, 0.1) is 6.61 Å². The third-order valence-corrected chi connectivity index (χ3v) is 2.92. The summed E-state index contributed by atoms with van der Waals surface area (Å²) in [5, 5.41) is 9.49. The highest BCUT2D eigenvalue weighted by atomic mass is 16.5. The monoisotopic (exact) mass is 237 g/mol. The molecule has 0 saturated heterocycles. The molecule has 0 aliphatic rings. The molecular weight excluding hydrogens is 214 g/mol. The topological polar surface area (TPSA) is 55.5 Å². The number of benzene rings is 1. The van der Waals surface area contributed by atoms with E-state index in [9.17, 15) is 5.11 Å². The van der Waals surface area contributed by atoms with Crippen LogP contribution in [0.5, 0.6) is 11.5 Å². The van der Waals surface area contributed by atoms with Gasteiger partial charge in [0, 0.05) is 0 Å². The Bertz CT molecular complexity index is 337. The number of phenols is 1. The van der Waals surface area contributed by atoms with Crippen molar-refractivity contribution < 1.29 is 9.84 Å². The van der Waals surface area contributed by atoms with E-state index in [0.717, 1.165) is 19.3 Å². The quantitative estimate of drug-likeness (QED) is 0.717. The van der Waals surface area contributed by atoms with E-state index in [1.807, 2.05) is 6.07 Å². The normalized spacial score (nSPS) is 11.5. The Morgan fingerprint density at radius 1 is 1.24 bits per heavy atom. The summed E-state index contributed by atoms with van der Waals surface area (Å²) in [6.45, 7) is 5.71. The van der Waals surface area contributed by atoms with Crippen molar-refractivity contribution in [3.05, 3.63) is 24.3 Å². The number of ether oxygens (including phenoxy) is 1. The Hall–Kier alpha value is -1.22. The maximum absolute atomic E-state index is 9.49. The van der Waals surface area contributed by atoms with Crippen LogP contribution in [0, 0.1) is 5.41 Å². The van der Waals surface area contributed by atoms with E-state index < -0.39 is 0 Å². The van der Waals surface area contributed by atoms with Gasteiger partial charge in [-0.05, 0) is 43.4 Å². The van der Waals surface area contributed by atoms with Gasteiger partial charge in [-0.25, -0.2) is 0 Å². The summed E-state index contributed by atoms with van der Waals surface area (Å²) >= 11 is 0. The van der Waals surface area contributed by atoms with Crippen LogP contribution in [0.4, 0.5) is 0 Å². The highest BCUT2D eigenvalue weighted by Crippen LogP contribution is 2.25. The zero-order chi connectivity index (χ0) is 12.7. The molecule has 0 heterocycles. The highest BCUT2D eigenvalue weighted by molar-refractivity contribution is 5.37. The Kier molecular flexibility index (Phi) is 5.29. The summed E-state index contributed by atoms with van der Waals surface area (Å²) in [6.07, 6.45) is 3.18. The first-order chi connectivity index (χ1) is 8.05. The molecule has 1 aromatic rings. The van der Waals surface area contributed by atoms with Crippen LogP contribution in [0.2, 0.25) is 0 Å². The van der Waals surface area contributed by atoms with Crippen molar-refractivity contribution in [1.82, 2.24) is 0 Å². The predicted molar refractivity (Wildman–Crippen MR) is 70.3 cm³/mol. The van der Waals surface area contributed by atoms with Gasteiger partial charge in [-0.15, -0.1) is 0 Å². The fourth-order valence-corrected chi connectivity index (χ4v) is 1.57. The van der Waals surface area contributed by atoms with Crippen LogP contribution < -0.4 is 10.5 Å². The Labute approximate surface area is 104 Å². The zero-order valence-corrected chi connectivity index (χ0v) is 10.8. The first-order valence-electron chi connectivity index (χ1n) is 6.16. The molecule has 0 atom stereocenters. The molecule has 17 heavy (non-hydrogen) atoms. The third kappa shape index (κ3) is 5.09. The predicted octanol–water partition coefficient (Wildman–Crippen LogP) is 2.93. The number of para-hydroxylation sites is 2. The molecule has 1 rings (SSSR count). The van der Waals surface area contributed by atoms with E-state index in [4.69, 9.17) is 10.5 Å². The van der Waals surface area contributed by atoms with Gasteiger partial charge in [-0.2, -0.15) is 0 Å². The van der Waals surface area contributed by atoms with Gasteiger partial charge in [0.25, 0.3) is 0 Å². The highest BCUT2D eigenvalue weighted by Gasteiger charge is 2.14. The second-order valence-corrected chi connectivity index (χ2v) is 5.14. The van der Waals surface area contributed by atoms with Gasteiger partial charge >= 0.3 is 0 Å². The van der Waals surface area contributed by atoms with Gasteiger partial charge in [0.1, 0.15) is 0 Å². The second-order valence-electron chi connectivity index (χ2n) is 5.14. The number of nitrogens with two attached hydrogens (primary N) is 1. The summed E-state index contributed by atoms with van der Waals surface area (Å²) < 4.78 is 5.50. The van der Waals surface area contributed by atoms with Crippen LogP contribution in [0.25, 0.3) is 0 Å². The second kappa shape index (κ2) is 6.50. The minimum Gasteiger partial charge on any atom is -0.504 e. The first kappa shape index (κ1) is 13.8. The molecule has 3 heteroatoms. The lowest BCUT2D eigenvalue weighted by Gasteiger charge is -2.21. The van der Waals surface area contributed by atoms with Gasteiger partial charge in [0.2, 0.25) is 0 Å². The van der Waals surface area contributed by atoms with E-state index in [-0.39, 0.29) is 11.2 Å². The Balaban J connectivity index is 2.19. The van der Waals surface area contributed by atoms with Gasteiger partial charge in [0.15, 0.2) is 11.5 Å². The van der Waals surface area contributed by atoms with Crippen LogP contribution >= 0.6 is 0 Å². The van der Waals surface area contributed by atoms with E-state index in [2.05, 4.69) is 13.8 Å². The van der Waals surface area contributed by atoms with Crippen molar-refractivity contribution >= 4 is 0 Å². The lowest BCUT2D eigenvalue weighted by Crippen LogP contribution is -2.23. The molecule has 0 radical (unpaired) electrons. The smallest absolute Gasteiger partial charge is 0.160 e. The van der Waals surface area contributed by atoms with Crippen molar-refractivity contribution in [1.29, 1.82) is 0 Å². The van der Waals surface area contributed by atoms with Crippen molar-refractivity contribution in [3.8, 4) is 11.5 Å². The molecule has 0 unspecified atom stereocenters. The van der Waals surface area contributed by atoms with Crippen LogP contribution in [0.1, 0.15) is 33.1 Å². The van der Waals surface area contributed by atoms with Crippen molar-refractivity contribution in [2.75, 3.05) is 13.2 Å². The number of unbranched alkanes of at least 4 members (excludes halogenated alkanes) is 1. The summed E-state index contributed by atoms with van der Waals surface area (Å²) in [4.78, 5) is 0. The third-order valence-electron chi connectivity index (χ3n) is 2.92. The molecule has 0 fully saturated rings. The zero-order valence-electron chi connectivity index (χ0n) is 10.8. The molecule has 0 aromatic heterocycles. The Morgan fingerprint density at radius 3 is 2.59 bits per heavy atom. The van der Waals surface area contributed by atoms with Crippen LogP contribution in [0.3, 0.4) is 0 Å². The van der Waals surface area contributed by atoms with Crippen molar-refractivity contribution in [3.63, 3.8) is 0 Å². The van der Waals surface area contributed by atoms with Crippen molar-refractivity contribution in [2.45, 2.75) is 33.1 Å². The lowest BCUT2D eigenvalue weighted by molar-refractivity contribution is 0.270. The van der Waals surface area contributed by atoms with Crippen molar-refractivity contribution in [2.24, 2.45) is 11.1 Å². The summed E-state index contributed by atoms with van der Waals surface area (Å²) in [6, 6.07) is 7.05. The molecule has 0 aliphatic carbocycles. The van der Waals surface area contributed by atoms with E-state index in [1.165, 1.54) is 0 Å². The van der Waals surface area contributed by atoms with Gasteiger partial charge in [-0.3, -0.25) is 0 Å². The number of rotatable bonds is 7. The number of aromatic hydroxyl groups is 1.